The molecular weight excluding hydrogens is 250 g/mol. The van der Waals surface area contributed by atoms with Crippen molar-refractivity contribution in [2.75, 3.05) is 6.61 Å². The Kier molecular flexibility index (Phi) is 3.84. The van der Waals surface area contributed by atoms with Gasteiger partial charge in [0.2, 0.25) is 5.78 Å². The van der Waals surface area contributed by atoms with Gasteiger partial charge in [-0.1, -0.05) is 30.3 Å². The van der Waals surface area contributed by atoms with Crippen LogP contribution in [-0.4, -0.2) is 23.3 Å². The van der Waals surface area contributed by atoms with Crippen molar-refractivity contribution in [2.45, 2.75) is 6.92 Å². The number of aromatic nitrogens is 1. The van der Waals surface area contributed by atoms with Crippen molar-refractivity contribution in [3.63, 3.8) is 0 Å². The number of carbonyl (C=O) groups is 2. The van der Waals surface area contributed by atoms with Crippen LogP contribution in [-0.2, 0) is 4.74 Å². The molecule has 0 saturated carbocycles. The highest BCUT2D eigenvalue weighted by atomic mass is 32.1. The van der Waals surface area contributed by atoms with Crippen LogP contribution >= 0.6 is 11.3 Å². The fraction of sp³-hybridized carbons (Fsp3) is 0.154. The summed E-state index contributed by atoms with van der Waals surface area (Å²) < 4.78 is 4.82. The summed E-state index contributed by atoms with van der Waals surface area (Å²) in [5.41, 5.74) is 0.739. The largest absolute Gasteiger partial charge is 0.461 e. The smallest absolute Gasteiger partial charge is 0.357 e. The predicted octanol–water partition coefficient (Wildman–Crippen LogP) is 2.55. The van der Waals surface area contributed by atoms with Crippen molar-refractivity contribution in [3.8, 4) is 0 Å². The third-order valence-corrected chi connectivity index (χ3v) is 3.06. The third-order valence-electron chi connectivity index (χ3n) is 2.22. The molecule has 1 heterocycles. The second-order valence-electron chi connectivity index (χ2n) is 3.45. The third kappa shape index (κ3) is 2.62. The summed E-state index contributed by atoms with van der Waals surface area (Å²) in [5.74, 6) is -0.683. The molecule has 0 N–H and O–H groups in total. The van der Waals surface area contributed by atoms with Gasteiger partial charge in [0, 0.05) is 10.9 Å². The van der Waals surface area contributed by atoms with Crippen LogP contribution in [0.15, 0.2) is 35.7 Å². The molecule has 0 fully saturated rings. The van der Waals surface area contributed by atoms with E-state index in [4.69, 9.17) is 4.74 Å². The minimum atomic E-state index is -0.499. The van der Waals surface area contributed by atoms with Gasteiger partial charge in [0.05, 0.1) is 6.61 Å². The van der Waals surface area contributed by atoms with Gasteiger partial charge in [0.25, 0.3) is 0 Å². The van der Waals surface area contributed by atoms with Gasteiger partial charge in [0.1, 0.15) is 0 Å². The van der Waals surface area contributed by atoms with Gasteiger partial charge < -0.3 is 4.74 Å². The van der Waals surface area contributed by atoms with Crippen molar-refractivity contribution >= 4 is 23.1 Å². The van der Waals surface area contributed by atoms with Crippen molar-refractivity contribution < 1.29 is 14.3 Å². The molecule has 0 spiro atoms. The van der Waals surface area contributed by atoms with Gasteiger partial charge in [-0.05, 0) is 6.92 Å². The van der Waals surface area contributed by atoms with Crippen LogP contribution in [0.3, 0.4) is 0 Å². The van der Waals surface area contributed by atoms with E-state index < -0.39 is 5.97 Å². The summed E-state index contributed by atoms with van der Waals surface area (Å²) in [7, 11) is 0. The molecule has 0 amide bonds. The normalized spacial score (nSPS) is 10.1. The second-order valence-corrected chi connectivity index (χ2v) is 4.31. The minimum absolute atomic E-state index is 0.182. The Morgan fingerprint density at radius 1 is 1.28 bits per heavy atom. The van der Waals surface area contributed by atoms with E-state index in [0.717, 1.165) is 11.3 Å². The average molecular weight is 261 g/mol. The number of esters is 1. The zero-order valence-electron chi connectivity index (χ0n) is 9.75. The standard InChI is InChI=1S/C13H11NO3S/c1-2-17-13(16)10-8-18-12(14-10)11(15)9-6-4-3-5-7-9/h3-8H,2H2,1H3. The summed E-state index contributed by atoms with van der Waals surface area (Å²) in [6.07, 6.45) is 0. The van der Waals surface area contributed by atoms with Crippen molar-refractivity contribution in [1.82, 2.24) is 4.98 Å². The highest BCUT2D eigenvalue weighted by Gasteiger charge is 2.17. The van der Waals surface area contributed by atoms with E-state index in [1.807, 2.05) is 6.07 Å². The maximum atomic E-state index is 12.0. The molecule has 0 aliphatic rings. The number of rotatable bonds is 4. The van der Waals surface area contributed by atoms with Crippen LogP contribution in [0.25, 0.3) is 0 Å². The molecule has 0 radical (unpaired) electrons. The molecule has 0 saturated heterocycles. The highest BCUT2D eigenvalue weighted by molar-refractivity contribution is 7.12. The highest BCUT2D eigenvalue weighted by Crippen LogP contribution is 2.15. The monoisotopic (exact) mass is 261 g/mol. The predicted molar refractivity (Wildman–Crippen MR) is 67.9 cm³/mol. The summed E-state index contributed by atoms with van der Waals surface area (Å²) in [5, 5.41) is 1.83. The number of nitrogens with zero attached hydrogens (tertiary/aromatic N) is 1. The lowest BCUT2D eigenvalue weighted by Gasteiger charge is -1.97. The van der Waals surface area contributed by atoms with Crippen LogP contribution in [0.5, 0.6) is 0 Å². The average Bonchev–Trinajstić information content (AvgIpc) is 2.89. The Morgan fingerprint density at radius 2 is 2.00 bits per heavy atom. The molecule has 2 rings (SSSR count). The summed E-state index contributed by atoms with van der Waals surface area (Å²) in [6, 6.07) is 8.84. The van der Waals surface area contributed by atoms with E-state index >= 15 is 0 Å². The van der Waals surface area contributed by atoms with E-state index in [1.54, 1.807) is 31.2 Å². The quantitative estimate of drug-likeness (QED) is 0.627. The van der Waals surface area contributed by atoms with E-state index in [9.17, 15) is 9.59 Å². The minimum Gasteiger partial charge on any atom is -0.461 e. The van der Waals surface area contributed by atoms with Crippen molar-refractivity contribution in [1.29, 1.82) is 0 Å². The zero-order chi connectivity index (χ0) is 13.0. The van der Waals surface area contributed by atoms with Gasteiger partial charge in [0.15, 0.2) is 10.7 Å². The van der Waals surface area contributed by atoms with Gasteiger partial charge in [-0.25, -0.2) is 9.78 Å². The van der Waals surface area contributed by atoms with Crippen LogP contribution in [0.4, 0.5) is 0 Å². The first kappa shape index (κ1) is 12.4. The number of ketones is 1. The molecule has 18 heavy (non-hydrogen) atoms. The Balaban J connectivity index is 2.20. The van der Waals surface area contributed by atoms with E-state index in [-0.39, 0.29) is 11.5 Å². The van der Waals surface area contributed by atoms with Crippen LogP contribution in [0.1, 0.15) is 32.8 Å². The maximum absolute atomic E-state index is 12.0. The molecule has 1 aromatic heterocycles. The number of hydrogen-bond donors (Lipinski definition) is 0. The van der Waals surface area contributed by atoms with Crippen molar-refractivity contribution in [3.05, 3.63) is 52.0 Å². The molecule has 0 aliphatic heterocycles. The van der Waals surface area contributed by atoms with Crippen LogP contribution in [0, 0.1) is 0 Å². The van der Waals surface area contributed by atoms with Gasteiger partial charge in [-0.15, -0.1) is 11.3 Å². The topological polar surface area (TPSA) is 56.3 Å². The number of thiazole rings is 1. The molecule has 0 atom stereocenters. The number of carbonyl (C=O) groups excluding carboxylic acids is 2. The van der Waals surface area contributed by atoms with E-state index in [1.165, 1.54) is 5.38 Å². The first-order valence-electron chi connectivity index (χ1n) is 5.44. The summed E-state index contributed by atoms with van der Waals surface area (Å²) in [6.45, 7) is 2.01. The molecule has 1 aromatic carbocycles. The fourth-order valence-electron chi connectivity index (χ4n) is 1.39. The second kappa shape index (κ2) is 5.55. The Bertz CT molecular complexity index is 563. The molecule has 92 valence electrons. The molecular formula is C13H11NO3S. The molecule has 4 nitrogen and oxygen atoms in total. The van der Waals surface area contributed by atoms with E-state index in [2.05, 4.69) is 4.98 Å². The maximum Gasteiger partial charge on any atom is 0.357 e. The van der Waals surface area contributed by atoms with Gasteiger partial charge in [-0.3, -0.25) is 4.79 Å². The fourth-order valence-corrected chi connectivity index (χ4v) is 2.14. The van der Waals surface area contributed by atoms with E-state index in [0.29, 0.717) is 17.2 Å². The first-order chi connectivity index (χ1) is 8.72. The lowest BCUT2D eigenvalue weighted by atomic mass is 10.1. The van der Waals surface area contributed by atoms with Crippen molar-refractivity contribution in [2.24, 2.45) is 0 Å². The summed E-state index contributed by atoms with van der Waals surface area (Å²) in [4.78, 5) is 27.5. The summed E-state index contributed by atoms with van der Waals surface area (Å²) >= 11 is 1.15. The van der Waals surface area contributed by atoms with Crippen LogP contribution < -0.4 is 0 Å². The number of benzene rings is 1. The lowest BCUT2D eigenvalue weighted by molar-refractivity contribution is 0.0520. The molecule has 0 unspecified atom stereocenters. The molecule has 0 aliphatic carbocycles. The number of ether oxygens (including phenoxy) is 1. The molecule has 0 bridgehead atoms. The first-order valence-corrected chi connectivity index (χ1v) is 6.32. The SMILES string of the molecule is CCOC(=O)c1csc(C(=O)c2ccccc2)n1. The van der Waals surface area contributed by atoms with Gasteiger partial charge >= 0.3 is 5.97 Å². The Labute approximate surface area is 108 Å². The Morgan fingerprint density at radius 3 is 2.67 bits per heavy atom. The Hall–Kier alpha value is -2.01. The molecule has 5 heteroatoms. The lowest BCUT2D eigenvalue weighted by Crippen LogP contribution is -2.06. The van der Waals surface area contributed by atoms with Crippen LogP contribution in [0.2, 0.25) is 0 Å². The number of hydrogen-bond acceptors (Lipinski definition) is 5. The molecule has 2 aromatic rings. The zero-order valence-corrected chi connectivity index (χ0v) is 10.6. The van der Waals surface area contributed by atoms with Gasteiger partial charge in [-0.2, -0.15) is 0 Å².